The van der Waals surface area contributed by atoms with Gasteiger partial charge in [-0.15, -0.1) is 6.58 Å². The summed E-state index contributed by atoms with van der Waals surface area (Å²) < 4.78 is 23.8. The third-order valence-electron chi connectivity index (χ3n) is 7.03. The zero-order valence-electron chi connectivity index (χ0n) is 25.0. The van der Waals surface area contributed by atoms with Gasteiger partial charge in [0.25, 0.3) is 8.32 Å². The van der Waals surface area contributed by atoms with Crippen molar-refractivity contribution in [2.24, 2.45) is 0 Å². The average molecular weight is 573 g/mol. The predicted molar refractivity (Wildman–Crippen MR) is 169 cm³/mol. The van der Waals surface area contributed by atoms with Gasteiger partial charge in [-0.25, -0.2) is 4.79 Å². The Morgan fingerprint density at radius 1 is 0.927 bits per heavy atom. The van der Waals surface area contributed by atoms with Gasteiger partial charge >= 0.3 is 5.97 Å². The fourth-order valence-electron chi connectivity index (χ4n) is 4.94. The molecule has 0 bridgehead atoms. The molecule has 218 valence electrons. The average Bonchev–Trinajstić information content (AvgIpc) is 2.97. The molecular weight excluding hydrogens is 528 g/mol. The maximum absolute atomic E-state index is 13.0. The fraction of sp³-hybridized carbons (Fsp3) is 0.343. The van der Waals surface area contributed by atoms with Crippen LogP contribution in [-0.2, 0) is 25.3 Å². The van der Waals surface area contributed by atoms with Gasteiger partial charge in [-0.1, -0.05) is 106 Å². The molecule has 0 saturated heterocycles. The van der Waals surface area contributed by atoms with E-state index >= 15 is 0 Å². The maximum Gasteiger partial charge on any atom is 0.335 e. The van der Waals surface area contributed by atoms with Gasteiger partial charge in [0.2, 0.25) is 0 Å². The summed E-state index contributed by atoms with van der Waals surface area (Å²) in [4.78, 5) is 13.0. The SMILES string of the molecule is C=CCCC(OCc1ccc(OC)cc1)C(=O)O[C@@H](C)/C=C/CO[Si](c1ccccc1)(c1ccccc1)C(C)(C)C. The molecule has 3 aromatic carbocycles. The van der Waals surface area contributed by atoms with Crippen molar-refractivity contribution in [3.63, 3.8) is 0 Å². The summed E-state index contributed by atoms with van der Waals surface area (Å²) >= 11 is 0. The number of rotatable bonds is 15. The van der Waals surface area contributed by atoms with Gasteiger partial charge in [-0.05, 0) is 58.9 Å². The van der Waals surface area contributed by atoms with Gasteiger partial charge in [0.1, 0.15) is 11.9 Å². The first-order valence-electron chi connectivity index (χ1n) is 14.2. The minimum Gasteiger partial charge on any atom is -0.497 e. The van der Waals surface area contributed by atoms with Crippen LogP contribution in [0.25, 0.3) is 0 Å². The molecule has 3 rings (SSSR count). The lowest BCUT2D eigenvalue weighted by atomic mass is 10.2. The largest absolute Gasteiger partial charge is 0.497 e. The van der Waals surface area contributed by atoms with E-state index in [1.807, 2.05) is 55.5 Å². The topological polar surface area (TPSA) is 54.0 Å². The number of esters is 1. The van der Waals surface area contributed by atoms with Gasteiger partial charge in [0.05, 0.1) is 20.3 Å². The number of hydrogen-bond donors (Lipinski definition) is 0. The lowest BCUT2D eigenvalue weighted by molar-refractivity contribution is -0.161. The highest BCUT2D eigenvalue weighted by Crippen LogP contribution is 2.36. The number of methoxy groups -OCH3 is 1. The smallest absolute Gasteiger partial charge is 0.335 e. The highest BCUT2D eigenvalue weighted by Gasteiger charge is 2.49. The predicted octanol–water partition coefficient (Wildman–Crippen LogP) is 6.61. The highest BCUT2D eigenvalue weighted by molar-refractivity contribution is 6.99. The third-order valence-corrected chi connectivity index (χ3v) is 12.0. The van der Waals surface area contributed by atoms with E-state index < -0.39 is 20.5 Å². The van der Waals surface area contributed by atoms with E-state index in [0.29, 0.717) is 26.1 Å². The number of ether oxygens (including phenoxy) is 3. The normalized spacial score (nSPS) is 13.5. The van der Waals surface area contributed by atoms with Crippen molar-refractivity contribution in [3.05, 3.63) is 115 Å². The van der Waals surface area contributed by atoms with Crippen molar-refractivity contribution < 1.29 is 23.4 Å². The molecule has 1 unspecified atom stereocenters. The molecule has 0 N–H and O–H groups in total. The lowest BCUT2D eigenvalue weighted by Crippen LogP contribution is -2.66. The number of benzene rings is 3. The van der Waals surface area contributed by atoms with Crippen LogP contribution in [0.5, 0.6) is 5.75 Å². The Kier molecular flexibility index (Phi) is 12.1. The van der Waals surface area contributed by atoms with Crippen molar-refractivity contribution in [3.8, 4) is 5.75 Å². The van der Waals surface area contributed by atoms with Crippen LogP contribution in [-0.4, -0.2) is 40.2 Å². The van der Waals surface area contributed by atoms with Crippen LogP contribution in [0.15, 0.2) is 110 Å². The zero-order valence-corrected chi connectivity index (χ0v) is 26.0. The summed E-state index contributed by atoms with van der Waals surface area (Å²) in [5.74, 6) is 0.390. The van der Waals surface area contributed by atoms with Crippen LogP contribution < -0.4 is 15.1 Å². The Bertz CT molecular complexity index is 1190. The van der Waals surface area contributed by atoms with Crippen molar-refractivity contribution in [2.45, 2.75) is 64.4 Å². The van der Waals surface area contributed by atoms with Gasteiger partial charge in [0.15, 0.2) is 6.10 Å². The second-order valence-electron chi connectivity index (χ2n) is 11.1. The van der Waals surface area contributed by atoms with E-state index in [2.05, 4.69) is 75.9 Å². The number of hydrogen-bond acceptors (Lipinski definition) is 5. The highest BCUT2D eigenvalue weighted by atomic mass is 28.4. The van der Waals surface area contributed by atoms with E-state index in [9.17, 15) is 4.79 Å². The first-order valence-corrected chi connectivity index (χ1v) is 16.1. The quantitative estimate of drug-likeness (QED) is 0.117. The number of carbonyl (C=O) groups is 1. The molecule has 0 spiro atoms. The molecule has 2 atom stereocenters. The first kappa shape index (κ1) is 32.1. The Hall–Kier alpha value is -3.45. The van der Waals surface area contributed by atoms with Gasteiger partial charge in [-0.2, -0.15) is 0 Å². The van der Waals surface area contributed by atoms with Crippen LogP contribution >= 0.6 is 0 Å². The number of carbonyl (C=O) groups excluding carboxylic acids is 1. The molecule has 6 heteroatoms. The molecular formula is C35H44O5Si. The molecule has 0 aliphatic carbocycles. The van der Waals surface area contributed by atoms with Gasteiger partial charge < -0.3 is 18.6 Å². The molecule has 0 saturated carbocycles. The molecule has 5 nitrogen and oxygen atoms in total. The Labute approximate surface area is 246 Å². The fourth-order valence-corrected chi connectivity index (χ4v) is 9.44. The molecule has 0 amide bonds. The molecule has 0 radical (unpaired) electrons. The maximum atomic E-state index is 13.0. The summed E-state index contributed by atoms with van der Waals surface area (Å²) in [6.07, 6.45) is 5.66. The van der Waals surface area contributed by atoms with E-state index in [1.54, 1.807) is 13.2 Å². The standard InChI is InChI=1S/C35H44O5Si/c1-7-8-21-33(38-27-29-22-24-30(37-6)25-23-29)34(36)40-28(2)16-15-26-39-41(35(3,4)5,31-17-11-9-12-18-31)32-19-13-10-14-20-32/h7,9-20,22-25,28,33H,1,8,21,26-27H2,2-6H3/b16-15+/t28-,33?/m0/s1. The van der Waals surface area contributed by atoms with E-state index in [1.165, 1.54) is 10.4 Å². The van der Waals surface area contributed by atoms with Crippen LogP contribution in [0.4, 0.5) is 0 Å². The molecule has 0 aliphatic heterocycles. The Morgan fingerprint density at radius 2 is 1.51 bits per heavy atom. The molecule has 3 aromatic rings. The van der Waals surface area contributed by atoms with Crippen LogP contribution in [0, 0.1) is 0 Å². The van der Waals surface area contributed by atoms with Crippen molar-refractivity contribution in [1.29, 1.82) is 0 Å². The summed E-state index contributed by atoms with van der Waals surface area (Å²) in [5.41, 5.74) is 0.954. The minimum absolute atomic E-state index is 0.110. The first-order chi connectivity index (χ1) is 19.7. The van der Waals surface area contributed by atoms with Gasteiger partial charge in [0, 0.05) is 0 Å². The monoisotopic (exact) mass is 572 g/mol. The molecule has 0 fully saturated rings. The summed E-state index contributed by atoms with van der Waals surface area (Å²) in [5, 5.41) is 2.35. The van der Waals surface area contributed by atoms with E-state index in [4.69, 9.17) is 18.6 Å². The van der Waals surface area contributed by atoms with E-state index in [-0.39, 0.29) is 11.0 Å². The second-order valence-corrected chi connectivity index (χ2v) is 15.4. The Balaban J connectivity index is 1.67. The summed E-state index contributed by atoms with van der Waals surface area (Å²) in [7, 11) is -1.00. The zero-order chi connectivity index (χ0) is 29.7. The Morgan fingerprint density at radius 3 is 2.02 bits per heavy atom. The summed E-state index contributed by atoms with van der Waals surface area (Å²) in [6, 6.07) is 28.7. The summed E-state index contributed by atoms with van der Waals surface area (Å²) in [6.45, 7) is 13.1. The van der Waals surface area contributed by atoms with E-state index in [0.717, 1.165) is 11.3 Å². The van der Waals surface area contributed by atoms with Crippen molar-refractivity contribution >= 4 is 24.7 Å². The number of allylic oxidation sites excluding steroid dienone is 1. The minimum atomic E-state index is -2.63. The van der Waals surface area contributed by atoms with Crippen LogP contribution in [0.1, 0.15) is 46.1 Å². The van der Waals surface area contributed by atoms with Gasteiger partial charge in [-0.3, -0.25) is 0 Å². The molecule has 0 aromatic heterocycles. The molecule has 0 aliphatic rings. The van der Waals surface area contributed by atoms with Crippen LogP contribution in [0.3, 0.4) is 0 Å². The third kappa shape index (κ3) is 8.76. The molecule has 41 heavy (non-hydrogen) atoms. The van der Waals surface area contributed by atoms with Crippen molar-refractivity contribution in [1.82, 2.24) is 0 Å². The molecule has 0 heterocycles. The van der Waals surface area contributed by atoms with Crippen LogP contribution in [0.2, 0.25) is 5.04 Å². The van der Waals surface area contributed by atoms with Crippen molar-refractivity contribution in [2.75, 3.05) is 13.7 Å². The second kappa shape index (κ2) is 15.5. The lowest BCUT2D eigenvalue weighted by Gasteiger charge is -2.42.